The van der Waals surface area contributed by atoms with E-state index in [9.17, 15) is 24.3 Å². The van der Waals surface area contributed by atoms with Gasteiger partial charge in [0.05, 0.1) is 30.0 Å². The van der Waals surface area contributed by atoms with Gasteiger partial charge >= 0.3 is 0 Å². The molecular weight excluding hydrogens is 542 g/mol. The number of aliphatic hydroxyl groups is 1. The van der Waals surface area contributed by atoms with Crippen LogP contribution in [0.2, 0.25) is 0 Å². The zero-order valence-electron chi connectivity index (χ0n) is 22.8. The largest absolute Gasteiger partial charge is 0.394 e. The second kappa shape index (κ2) is 8.68. The number of nitriles is 1. The van der Waals surface area contributed by atoms with Gasteiger partial charge in [-0.3, -0.25) is 24.1 Å². The number of benzene rings is 6. The highest BCUT2D eigenvalue weighted by molar-refractivity contribution is 6.43. The Morgan fingerprint density at radius 2 is 1.05 bits per heavy atom. The fraction of sp³-hybridized carbons (Fsp3) is 0.114. The molecule has 0 aromatic heterocycles. The van der Waals surface area contributed by atoms with Crippen molar-refractivity contribution in [2.45, 2.75) is 19.4 Å². The van der Waals surface area contributed by atoms with Crippen LogP contribution in [0.4, 0.5) is 5.69 Å². The Balaban J connectivity index is 1.40. The van der Waals surface area contributed by atoms with E-state index in [4.69, 9.17) is 5.26 Å². The van der Waals surface area contributed by atoms with Gasteiger partial charge in [-0.25, -0.2) is 4.90 Å². The zero-order chi connectivity index (χ0) is 29.7. The molecule has 0 saturated carbocycles. The quantitative estimate of drug-likeness (QED) is 0.165. The topological polar surface area (TPSA) is 119 Å². The normalized spacial score (nSPS) is 15.4. The van der Waals surface area contributed by atoms with Crippen LogP contribution in [-0.2, 0) is 0 Å². The van der Waals surface area contributed by atoms with Crippen LogP contribution in [0.15, 0.2) is 72.8 Å². The van der Waals surface area contributed by atoms with Crippen molar-refractivity contribution in [2.24, 2.45) is 0 Å². The van der Waals surface area contributed by atoms with Crippen molar-refractivity contribution < 1.29 is 24.3 Å². The molecule has 8 rings (SSSR count). The second-order valence-corrected chi connectivity index (χ2v) is 11.0. The fourth-order valence-electron chi connectivity index (χ4n) is 6.93. The monoisotopic (exact) mass is 563 g/mol. The van der Waals surface area contributed by atoms with Crippen LogP contribution in [0, 0.1) is 11.3 Å². The number of imide groups is 2. The molecule has 2 heterocycles. The Bertz CT molecular complexity index is 2190. The number of aliphatic hydroxyl groups excluding tert-OH is 1. The third kappa shape index (κ3) is 3.06. The Kier molecular flexibility index (Phi) is 5.06. The summed E-state index contributed by atoms with van der Waals surface area (Å²) in [6, 6.07) is 22.1. The first kappa shape index (κ1) is 25.1. The predicted molar refractivity (Wildman–Crippen MR) is 162 cm³/mol. The number of nitrogens with zero attached hydrogens (tertiary/aromatic N) is 3. The van der Waals surface area contributed by atoms with Crippen molar-refractivity contribution >= 4 is 72.4 Å². The lowest BCUT2D eigenvalue weighted by Crippen LogP contribution is -2.48. The number of carbonyl (C=O) groups excluding carboxylic acids is 4. The molecule has 0 fully saturated rings. The molecule has 0 bridgehead atoms. The molecule has 1 atom stereocenters. The molecule has 0 saturated heterocycles. The van der Waals surface area contributed by atoms with Gasteiger partial charge in [0.2, 0.25) is 0 Å². The third-order valence-corrected chi connectivity index (χ3v) is 8.97. The lowest BCUT2D eigenvalue weighted by Gasteiger charge is -2.33. The lowest BCUT2D eigenvalue weighted by molar-refractivity contribution is 0.0465. The first-order valence-electron chi connectivity index (χ1n) is 14.0. The Hall–Kier alpha value is -5.65. The molecule has 206 valence electrons. The van der Waals surface area contributed by atoms with E-state index in [1.54, 1.807) is 48.5 Å². The molecule has 4 amide bonds. The molecule has 0 spiro atoms. The van der Waals surface area contributed by atoms with Crippen molar-refractivity contribution in [2.75, 3.05) is 11.5 Å². The molecule has 6 aromatic carbocycles. The molecule has 43 heavy (non-hydrogen) atoms. The first-order chi connectivity index (χ1) is 20.9. The van der Waals surface area contributed by atoms with Gasteiger partial charge in [0, 0.05) is 33.0 Å². The highest BCUT2D eigenvalue weighted by Crippen LogP contribution is 2.46. The minimum Gasteiger partial charge on any atom is -0.394 e. The van der Waals surface area contributed by atoms with Crippen molar-refractivity contribution in [1.82, 2.24) is 4.90 Å². The molecule has 0 radical (unpaired) electrons. The summed E-state index contributed by atoms with van der Waals surface area (Å²) in [5.41, 5.74) is 2.40. The summed E-state index contributed by atoms with van der Waals surface area (Å²) in [6.45, 7) is 1.51. The number of hydrogen-bond donors (Lipinski definition) is 1. The smallest absolute Gasteiger partial charge is 0.265 e. The van der Waals surface area contributed by atoms with Crippen LogP contribution < -0.4 is 4.90 Å². The Morgan fingerprint density at radius 3 is 1.42 bits per heavy atom. The first-order valence-corrected chi connectivity index (χ1v) is 14.0. The number of rotatable bonds is 4. The van der Waals surface area contributed by atoms with E-state index in [1.165, 1.54) is 0 Å². The van der Waals surface area contributed by atoms with E-state index in [0.29, 0.717) is 50.7 Å². The zero-order valence-corrected chi connectivity index (χ0v) is 22.8. The molecule has 8 heteroatoms. The minimum atomic E-state index is -0.619. The molecule has 2 aliphatic rings. The highest BCUT2D eigenvalue weighted by atomic mass is 16.3. The summed E-state index contributed by atoms with van der Waals surface area (Å²) in [4.78, 5) is 57.2. The van der Waals surface area contributed by atoms with Crippen LogP contribution in [0.1, 0.15) is 60.3 Å². The molecular formula is C35H21N3O5. The van der Waals surface area contributed by atoms with E-state index < -0.39 is 29.7 Å². The maximum absolute atomic E-state index is 13.8. The van der Waals surface area contributed by atoms with Gasteiger partial charge in [-0.2, -0.15) is 5.26 Å². The SMILES string of the molecule is CCC(CO)N1C(=O)c2ccc3c4ccc5c6c(ccc(c7ccc(c2c37)C1=O)c64)C(=O)N(c1ccc(C#N)cc1)C5=O. The number of anilines is 1. The third-order valence-electron chi connectivity index (χ3n) is 8.97. The lowest BCUT2D eigenvalue weighted by atomic mass is 9.82. The Morgan fingerprint density at radius 1 is 0.628 bits per heavy atom. The maximum atomic E-state index is 13.8. The van der Waals surface area contributed by atoms with E-state index in [0.717, 1.165) is 42.1 Å². The fourth-order valence-corrected chi connectivity index (χ4v) is 6.93. The van der Waals surface area contributed by atoms with E-state index in [1.807, 2.05) is 37.3 Å². The summed E-state index contributed by atoms with van der Waals surface area (Å²) in [7, 11) is 0. The summed E-state index contributed by atoms with van der Waals surface area (Å²) >= 11 is 0. The van der Waals surface area contributed by atoms with Crippen molar-refractivity contribution in [3.05, 3.63) is 101 Å². The van der Waals surface area contributed by atoms with E-state index in [-0.39, 0.29) is 6.61 Å². The molecule has 1 unspecified atom stereocenters. The number of carbonyl (C=O) groups is 4. The van der Waals surface area contributed by atoms with Gasteiger partial charge in [-0.1, -0.05) is 31.2 Å². The summed E-state index contributed by atoms with van der Waals surface area (Å²) in [5, 5.41) is 25.0. The maximum Gasteiger partial charge on any atom is 0.265 e. The Labute approximate surface area is 244 Å². The van der Waals surface area contributed by atoms with Crippen LogP contribution in [-0.4, -0.2) is 46.3 Å². The average molecular weight is 564 g/mol. The van der Waals surface area contributed by atoms with Crippen LogP contribution in [0.5, 0.6) is 0 Å². The average Bonchev–Trinajstić information content (AvgIpc) is 3.04. The van der Waals surface area contributed by atoms with Gasteiger partial charge in [-0.15, -0.1) is 0 Å². The minimum absolute atomic E-state index is 0.317. The number of hydrogen-bond acceptors (Lipinski definition) is 6. The van der Waals surface area contributed by atoms with Gasteiger partial charge in [0.15, 0.2) is 0 Å². The van der Waals surface area contributed by atoms with Gasteiger partial charge in [-0.05, 0) is 87.3 Å². The van der Waals surface area contributed by atoms with Crippen molar-refractivity contribution in [3.8, 4) is 6.07 Å². The second-order valence-electron chi connectivity index (χ2n) is 11.0. The molecule has 8 nitrogen and oxygen atoms in total. The summed E-state index contributed by atoms with van der Waals surface area (Å²) in [6.07, 6.45) is 0.433. The van der Waals surface area contributed by atoms with Gasteiger partial charge in [0.25, 0.3) is 23.6 Å². The van der Waals surface area contributed by atoms with E-state index >= 15 is 0 Å². The van der Waals surface area contributed by atoms with E-state index in [2.05, 4.69) is 0 Å². The number of fused-ring (bicyclic) bond motifs is 2. The molecule has 2 aliphatic heterocycles. The van der Waals surface area contributed by atoms with Crippen molar-refractivity contribution in [1.29, 1.82) is 5.26 Å². The highest BCUT2D eigenvalue weighted by Gasteiger charge is 2.39. The molecule has 1 N–H and O–H groups in total. The van der Waals surface area contributed by atoms with Crippen LogP contribution >= 0.6 is 0 Å². The summed E-state index contributed by atoms with van der Waals surface area (Å²) in [5.74, 6) is -1.77. The molecule has 6 aromatic rings. The van der Waals surface area contributed by atoms with Gasteiger partial charge in [0.1, 0.15) is 0 Å². The summed E-state index contributed by atoms with van der Waals surface area (Å²) < 4.78 is 0. The molecule has 0 aliphatic carbocycles. The standard InChI is InChI=1S/C35H21N3O5/c1-2-18(16-39)37-32(40)24-11-7-20-22-9-13-26-31-27(35(43)38(34(26)42)19-5-3-17(15-36)4-6-19)14-10-23(29(22)31)21-8-12-25(33(37)41)30(24)28(20)21/h3-14,18,39H,2,16H2,1H3. The number of amides is 4. The predicted octanol–water partition coefficient (Wildman–Crippen LogP) is 5.78. The van der Waals surface area contributed by atoms with Crippen LogP contribution in [0.3, 0.4) is 0 Å². The van der Waals surface area contributed by atoms with Gasteiger partial charge < -0.3 is 5.11 Å². The van der Waals surface area contributed by atoms with Crippen molar-refractivity contribution in [3.63, 3.8) is 0 Å². The van der Waals surface area contributed by atoms with Crippen LogP contribution in [0.25, 0.3) is 43.1 Å².